The van der Waals surface area contributed by atoms with Crippen molar-refractivity contribution in [2.24, 2.45) is 5.92 Å². The molecule has 1 amide bonds. The predicted octanol–water partition coefficient (Wildman–Crippen LogP) is 1.54. The minimum atomic E-state index is 0.0361. The number of carbonyl (C=O) groups excluding carboxylic acids is 1. The molecule has 1 atom stereocenters. The third-order valence-corrected chi connectivity index (χ3v) is 3.24. The summed E-state index contributed by atoms with van der Waals surface area (Å²) in [5.74, 6) is 1.05. The SMILES string of the molecule is CCOc1ccc(C(=O)N2CCC(CO)C2)cc1. The lowest BCUT2D eigenvalue weighted by Gasteiger charge is -2.16. The molecule has 2 rings (SSSR count). The number of hydrogen-bond acceptors (Lipinski definition) is 3. The number of benzene rings is 1. The Morgan fingerprint density at radius 1 is 1.44 bits per heavy atom. The molecule has 1 saturated heterocycles. The number of ether oxygens (including phenoxy) is 1. The summed E-state index contributed by atoms with van der Waals surface area (Å²) in [6.07, 6.45) is 0.888. The molecule has 1 unspecified atom stereocenters. The fourth-order valence-corrected chi connectivity index (χ4v) is 2.21. The Morgan fingerprint density at radius 3 is 2.72 bits per heavy atom. The fourth-order valence-electron chi connectivity index (χ4n) is 2.21. The van der Waals surface area contributed by atoms with Crippen LogP contribution in [-0.4, -0.2) is 42.2 Å². The van der Waals surface area contributed by atoms with Crippen LogP contribution in [0.1, 0.15) is 23.7 Å². The van der Waals surface area contributed by atoms with E-state index in [-0.39, 0.29) is 18.4 Å². The van der Waals surface area contributed by atoms with Gasteiger partial charge in [0.2, 0.25) is 0 Å². The summed E-state index contributed by atoms with van der Waals surface area (Å²) in [7, 11) is 0. The number of carbonyl (C=O) groups is 1. The summed E-state index contributed by atoms with van der Waals surface area (Å²) < 4.78 is 5.34. The van der Waals surface area contributed by atoms with Crippen LogP contribution in [0.15, 0.2) is 24.3 Å². The second kappa shape index (κ2) is 5.87. The number of rotatable bonds is 4. The summed E-state index contributed by atoms with van der Waals surface area (Å²) >= 11 is 0. The topological polar surface area (TPSA) is 49.8 Å². The zero-order valence-electron chi connectivity index (χ0n) is 10.6. The van der Waals surface area contributed by atoms with Gasteiger partial charge in [-0.25, -0.2) is 0 Å². The summed E-state index contributed by atoms with van der Waals surface area (Å²) in [4.78, 5) is 14.0. The van der Waals surface area contributed by atoms with Gasteiger partial charge in [-0.3, -0.25) is 4.79 Å². The lowest BCUT2D eigenvalue weighted by Crippen LogP contribution is -2.29. The Morgan fingerprint density at radius 2 is 2.17 bits per heavy atom. The van der Waals surface area contributed by atoms with E-state index in [0.29, 0.717) is 18.7 Å². The van der Waals surface area contributed by atoms with Crippen LogP contribution in [0.4, 0.5) is 0 Å². The number of hydrogen-bond donors (Lipinski definition) is 1. The monoisotopic (exact) mass is 249 g/mol. The molecule has 0 aliphatic carbocycles. The second-order valence-electron chi connectivity index (χ2n) is 4.55. The maximum Gasteiger partial charge on any atom is 0.253 e. The molecule has 1 heterocycles. The van der Waals surface area contributed by atoms with Gasteiger partial charge in [-0.15, -0.1) is 0 Å². The zero-order chi connectivity index (χ0) is 13.0. The van der Waals surface area contributed by atoms with Gasteiger partial charge >= 0.3 is 0 Å². The Labute approximate surface area is 107 Å². The van der Waals surface area contributed by atoms with Crippen molar-refractivity contribution in [2.45, 2.75) is 13.3 Å². The summed E-state index contributed by atoms with van der Waals surface area (Å²) in [6, 6.07) is 7.21. The molecular weight excluding hydrogens is 230 g/mol. The molecule has 0 radical (unpaired) electrons. The summed E-state index contributed by atoms with van der Waals surface area (Å²) in [5, 5.41) is 9.08. The van der Waals surface area contributed by atoms with Gasteiger partial charge in [0.1, 0.15) is 5.75 Å². The van der Waals surface area contributed by atoms with Crippen LogP contribution in [-0.2, 0) is 0 Å². The van der Waals surface area contributed by atoms with Crippen LogP contribution in [0.25, 0.3) is 0 Å². The van der Waals surface area contributed by atoms with Crippen LogP contribution >= 0.6 is 0 Å². The molecule has 1 aliphatic rings. The Balaban J connectivity index is 2.00. The van der Waals surface area contributed by atoms with Gasteiger partial charge in [0.05, 0.1) is 6.61 Å². The van der Waals surface area contributed by atoms with Crippen LogP contribution < -0.4 is 4.74 Å². The van der Waals surface area contributed by atoms with E-state index in [9.17, 15) is 4.79 Å². The standard InChI is InChI=1S/C14H19NO3/c1-2-18-13-5-3-12(4-6-13)14(17)15-8-7-11(9-15)10-16/h3-6,11,16H,2,7-10H2,1H3. The Bertz CT molecular complexity index is 402. The number of aliphatic hydroxyl groups excluding tert-OH is 1. The van der Waals surface area contributed by atoms with E-state index in [0.717, 1.165) is 18.7 Å². The predicted molar refractivity (Wildman–Crippen MR) is 68.7 cm³/mol. The molecule has 1 aliphatic heterocycles. The minimum absolute atomic E-state index is 0.0361. The van der Waals surface area contributed by atoms with Gasteiger partial charge < -0.3 is 14.7 Å². The number of amides is 1. The van der Waals surface area contributed by atoms with E-state index in [1.54, 1.807) is 17.0 Å². The van der Waals surface area contributed by atoms with E-state index >= 15 is 0 Å². The second-order valence-corrected chi connectivity index (χ2v) is 4.55. The highest BCUT2D eigenvalue weighted by Gasteiger charge is 2.26. The maximum absolute atomic E-state index is 12.2. The van der Waals surface area contributed by atoms with Crippen LogP contribution in [0.3, 0.4) is 0 Å². The fraction of sp³-hybridized carbons (Fsp3) is 0.500. The smallest absolute Gasteiger partial charge is 0.253 e. The Hall–Kier alpha value is -1.55. The summed E-state index contributed by atoms with van der Waals surface area (Å²) in [5.41, 5.74) is 0.678. The molecule has 0 spiro atoms. The summed E-state index contributed by atoms with van der Waals surface area (Å²) in [6.45, 7) is 4.10. The van der Waals surface area contributed by atoms with Crippen molar-refractivity contribution < 1.29 is 14.6 Å². The van der Waals surface area contributed by atoms with E-state index in [4.69, 9.17) is 9.84 Å². The maximum atomic E-state index is 12.2. The van der Waals surface area contributed by atoms with Crippen molar-refractivity contribution in [1.82, 2.24) is 4.90 Å². The number of aliphatic hydroxyl groups is 1. The van der Waals surface area contributed by atoms with Gasteiger partial charge in [-0.1, -0.05) is 0 Å². The zero-order valence-corrected chi connectivity index (χ0v) is 10.6. The molecule has 1 aromatic rings. The van der Waals surface area contributed by atoms with E-state index in [2.05, 4.69) is 0 Å². The van der Waals surface area contributed by atoms with Gasteiger partial charge in [0.25, 0.3) is 5.91 Å². The average Bonchev–Trinajstić information content (AvgIpc) is 2.88. The average molecular weight is 249 g/mol. The van der Waals surface area contributed by atoms with Crippen molar-refractivity contribution in [2.75, 3.05) is 26.3 Å². The molecule has 1 N–H and O–H groups in total. The molecule has 1 aromatic carbocycles. The molecule has 0 bridgehead atoms. The molecule has 4 heteroatoms. The number of likely N-dealkylation sites (tertiary alicyclic amines) is 1. The first kappa shape index (κ1) is 12.9. The lowest BCUT2D eigenvalue weighted by molar-refractivity contribution is 0.0782. The lowest BCUT2D eigenvalue weighted by atomic mass is 10.1. The van der Waals surface area contributed by atoms with E-state index in [1.807, 2.05) is 19.1 Å². The third kappa shape index (κ3) is 2.82. The van der Waals surface area contributed by atoms with E-state index < -0.39 is 0 Å². The normalized spacial score (nSPS) is 19.0. The first-order valence-electron chi connectivity index (χ1n) is 6.37. The molecule has 0 aromatic heterocycles. The first-order chi connectivity index (χ1) is 8.74. The quantitative estimate of drug-likeness (QED) is 0.880. The molecular formula is C14H19NO3. The molecule has 98 valence electrons. The van der Waals surface area contributed by atoms with Crippen molar-refractivity contribution in [3.8, 4) is 5.75 Å². The molecule has 0 saturated carbocycles. The highest BCUT2D eigenvalue weighted by Crippen LogP contribution is 2.19. The van der Waals surface area contributed by atoms with Crippen molar-refractivity contribution in [1.29, 1.82) is 0 Å². The van der Waals surface area contributed by atoms with Crippen LogP contribution in [0, 0.1) is 5.92 Å². The highest BCUT2D eigenvalue weighted by molar-refractivity contribution is 5.94. The number of nitrogens with zero attached hydrogens (tertiary/aromatic N) is 1. The van der Waals surface area contributed by atoms with Gasteiger partial charge in [0.15, 0.2) is 0 Å². The van der Waals surface area contributed by atoms with Crippen LogP contribution in [0.2, 0.25) is 0 Å². The highest BCUT2D eigenvalue weighted by atomic mass is 16.5. The molecule has 1 fully saturated rings. The minimum Gasteiger partial charge on any atom is -0.494 e. The van der Waals surface area contributed by atoms with Gasteiger partial charge in [-0.05, 0) is 37.6 Å². The van der Waals surface area contributed by atoms with Gasteiger partial charge in [0, 0.05) is 31.2 Å². The van der Waals surface area contributed by atoms with Crippen LogP contribution in [0.5, 0.6) is 5.75 Å². The van der Waals surface area contributed by atoms with Crippen molar-refractivity contribution >= 4 is 5.91 Å². The largest absolute Gasteiger partial charge is 0.494 e. The van der Waals surface area contributed by atoms with Gasteiger partial charge in [-0.2, -0.15) is 0 Å². The van der Waals surface area contributed by atoms with Crippen molar-refractivity contribution in [3.05, 3.63) is 29.8 Å². The molecule has 4 nitrogen and oxygen atoms in total. The molecule has 18 heavy (non-hydrogen) atoms. The third-order valence-electron chi connectivity index (χ3n) is 3.24. The Kier molecular flexibility index (Phi) is 4.20. The van der Waals surface area contributed by atoms with E-state index in [1.165, 1.54) is 0 Å². The van der Waals surface area contributed by atoms with Crippen molar-refractivity contribution in [3.63, 3.8) is 0 Å². The first-order valence-corrected chi connectivity index (χ1v) is 6.37.